The molecule has 1 aromatic heterocycles. The number of fused-ring (bicyclic) bond motifs is 2. The van der Waals surface area contributed by atoms with Crippen LogP contribution in [0.1, 0.15) is 27.0 Å². The van der Waals surface area contributed by atoms with Crippen molar-refractivity contribution in [2.24, 2.45) is 0 Å². The Morgan fingerprint density at radius 3 is 2.76 bits per heavy atom. The largest absolute Gasteiger partial charge is 0.372 e. The summed E-state index contributed by atoms with van der Waals surface area (Å²) in [4.78, 5) is 17.0. The SMILES string of the molecule is O=C(c1ccc2c(c1)COC2)c1cnc2ccccc2c1. The Labute approximate surface area is 122 Å². The predicted molar refractivity (Wildman–Crippen MR) is 80.1 cm³/mol. The minimum Gasteiger partial charge on any atom is -0.372 e. The van der Waals surface area contributed by atoms with Gasteiger partial charge in [-0.1, -0.05) is 30.3 Å². The van der Waals surface area contributed by atoms with Crippen molar-refractivity contribution >= 4 is 16.7 Å². The molecule has 0 unspecified atom stereocenters. The van der Waals surface area contributed by atoms with E-state index in [9.17, 15) is 4.79 Å². The van der Waals surface area contributed by atoms with E-state index in [1.807, 2.05) is 48.5 Å². The molecule has 102 valence electrons. The minimum absolute atomic E-state index is 0.00273. The van der Waals surface area contributed by atoms with Gasteiger partial charge < -0.3 is 4.74 Å². The Hall–Kier alpha value is -2.52. The van der Waals surface area contributed by atoms with Gasteiger partial charge in [0.2, 0.25) is 0 Å². The molecule has 1 aliphatic rings. The van der Waals surface area contributed by atoms with Crippen LogP contribution in [0, 0.1) is 0 Å². The smallest absolute Gasteiger partial charge is 0.194 e. The Kier molecular flexibility index (Phi) is 2.79. The van der Waals surface area contributed by atoms with E-state index < -0.39 is 0 Å². The molecule has 4 rings (SSSR count). The molecular formula is C18H13NO2. The summed E-state index contributed by atoms with van der Waals surface area (Å²) in [5.41, 5.74) is 4.48. The number of para-hydroxylation sites is 1. The summed E-state index contributed by atoms with van der Waals surface area (Å²) in [7, 11) is 0. The van der Waals surface area contributed by atoms with Gasteiger partial charge in [0.1, 0.15) is 0 Å². The van der Waals surface area contributed by atoms with Gasteiger partial charge in [-0.25, -0.2) is 0 Å². The maximum Gasteiger partial charge on any atom is 0.194 e. The second kappa shape index (κ2) is 4.79. The molecular weight excluding hydrogens is 262 g/mol. The molecule has 0 saturated carbocycles. The zero-order valence-electron chi connectivity index (χ0n) is 11.4. The predicted octanol–water partition coefficient (Wildman–Crippen LogP) is 3.50. The zero-order valence-corrected chi connectivity index (χ0v) is 11.4. The number of nitrogens with zero attached hydrogens (tertiary/aromatic N) is 1. The fraction of sp³-hybridized carbons (Fsp3) is 0.111. The normalized spacial score (nSPS) is 13.3. The first-order valence-electron chi connectivity index (χ1n) is 6.90. The van der Waals surface area contributed by atoms with Gasteiger partial charge in [0, 0.05) is 22.7 Å². The van der Waals surface area contributed by atoms with Crippen LogP contribution in [0.15, 0.2) is 54.7 Å². The lowest BCUT2D eigenvalue weighted by Gasteiger charge is -2.05. The highest BCUT2D eigenvalue weighted by molar-refractivity contribution is 6.10. The molecule has 3 nitrogen and oxygen atoms in total. The molecule has 0 N–H and O–H groups in total. The number of ketones is 1. The second-order valence-electron chi connectivity index (χ2n) is 5.22. The van der Waals surface area contributed by atoms with Gasteiger partial charge in [-0.2, -0.15) is 0 Å². The number of rotatable bonds is 2. The Balaban J connectivity index is 1.75. The summed E-state index contributed by atoms with van der Waals surface area (Å²) in [6.45, 7) is 1.23. The van der Waals surface area contributed by atoms with Crippen molar-refractivity contribution in [2.45, 2.75) is 13.2 Å². The third kappa shape index (κ3) is 2.12. The van der Waals surface area contributed by atoms with E-state index in [-0.39, 0.29) is 5.78 Å². The highest BCUT2D eigenvalue weighted by Gasteiger charge is 2.16. The van der Waals surface area contributed by atoms with Crippen LogP contribution in [0.2, 0.25) is 0 Å². The van der Waals surface area contributed by atoms with Gasteiger partial charge in [0.05, 0.1) is 18.7 Å². The molecule has 2 aromatic carbocycles. The van der Waals surface area contributed by atoms with Crippen molar-refractivity contribution in [3.05, 3.63) is 77.0 Å². The third-order valence-corrected chi connectivity index (χ3v) is 3.84. The van der Waals surface area contributed by atoms with E-state index in [1.54, 1.807) is 6.20 Å². The van der Waals surface area contributed by atoms with Crippen molar-refractivity contribution in [1.29, 1.82) is 0 Å². The van der Waals surface area contributed by atoms with Crippen molar-refractivity contribution < 1.29 is 9.53 Å². The average Bonchev–Trinajstić information content (AvgIpc) is 3.01. The first-order chi connectivity index (χ1) is 10.3. The number of ether oxygens (including phenoxy) is 1. The zero-order chi connectivity index (χ0) is 14.2. The fourth-order valence-corrected chi connectivity index (χ4v) is 2.68. The summed E-state index contributed by atoms with van der Waals surface area (Å²) in [5.74, 6) is 0.00273. The molecule has 21 heavy (non-hydrogen) atoms. The number of carbonyl (C=O) groups is 1. The molecule has 3 aromatic rings. The summed E-state index contributed by atoms with van der Waals surface area (Å²) >= 11 is 0. The number of hydrogen-bond donors (Lipinski definition) is 0. The molecule has 0 saturated heterocycles. The lowest BCUT2D eigenvalue weighted by atomic mass is 9.99. The first kappa shape index (κ1) is 12.2. The van der Waals surface area contributed by atoms with Crippen molar-refractivity contribution in [2.75, 3.05) is 0 Å². The number of aromatic nitrogens is 1. The molecule has 0 bridgehead atoms. The number of benzene rings is 2. The molecule has 0 radical (unpaired) electrons. The standard InChI is InChI=1S/C18H13NO2/c20-18(13-5-6-14-10-21-11-16(14)8-13)15-7-12-3-1-2-4-17(12)19-9-15/h1-9H,10-11H2. The van der Waals surface area contributed by atoms with E-state index in [0.29, 0.717) is 24.3 Å². The van der Waals surface area contributed by atoms with Crippen LogP contribution in [0.25, 0.3) is 10.9 Å². The number of carbonyl (C=O) groups excluding carboxylic acids is 1. The van der Waals surface area contributed by atoms with Crippen LogP contribution in [0.3, 0.4) is 0 Å². The Morgan fingerprint density at radius 2 is 1.81 bits per heavy atom. The van der Waals surface area contributed by atoms with E-state index in [1.165, 1.54) is 5.56 Å². The minimum atomic E-state index is 0.00273. The molecule has 0 spiro atoms. The number of pyridine rings is 1. The Bertz CT molecular complexity index is 855. The maximum absolute atomic E-state index is 12.6. The van der Waals surface area contributed by atoms with E-state index in [0.717, 1.165) is 16.5 Å². The highest BCUT2D eigenvalue weighted by atomic mass is 16.5. The van der Waals surface area contributed by atoms with Crippen LogP contribution >= 0.6 is 0 Å². The van der Waals surface area contributed by atoms with Gasteiger partial charge in [0.15, 0.2) is 5.78 Å². The lowest BCUT2D eigenvalue weighted by molar-refractivity contribution is 0.103. The third-order valence-electron chi connectivity index (χ3n) is 3.84. The first-order valence-corrected chi connectivity index (χ1v) is 6.90. The van der Waals surface area contributed by atoms with Gasteiger partial charge >= 0.3 is 0 Å². The van der Waals surface area contributed by atoms with E-state index >= 15 is 0 Å². The highest BCUT2D eigenvalue weighted by Crippen LogP contribution is 2.23. The van der Waals surface area contributed by atoms with E-state index in [4.69, 9.17) is 4.74 Å². The fourth-order valence-electron chi connectivity index (χ4n) is 2.68. The lowest BCUT2D eigenvalue weighted by Crippen LogP contribution is -2.03. The summed E-state index contributed by atoms with van der Waals surface area (Å²) in [6.07, 6.45) is 1.65. The van der Waals surface area contributed by atoms with Crippen LogP contribution < -0.4 is 0 Å². The quantitative estimate of drug-likeness (QED) is 0.672. The Morgan fingerprint density at radius 1 is 0.952 bits per heavy atom. The molecule has 2 heterocycles. The molecule has 0 aliphatic carbocycles. The molecule has 1 aliphatic heterocycles. The van der Waals surface area contributed by atoms with Crippen LogP contribution in [0.4, 0.5) is 0 Å². The summed E-state index contributed by atoms with van der Waals surface area (Å²) in [5, 5.41) is 0.979. The van der Waals surface area contributed by atoms with Crippen LogP contribution in [0.5, 0.6) is 0 Å². The summed E-state index contributed by atoms with van der Waals surface area (Å²) in [6, 6.07) is 15.5. The van der Waals surface area contributed by atoms with Gasteiger partial charge in [-0.3, -0.25) is 9.78 Å². The van der Waals surface area contributed by atoms with Crippen LogP contribution in [-0.4, -0.2) is 10.8 Å². The van der Waals surface area contributed by atoms with Gasteiger partial charge in [-0.15, -0.1) is 0 Å². The molecule has 0 atom stereocenters. The van der Waals surface area contributed by atoms with E-state index in [2.05, 4.69) is 4.98 Å². The van der Waals surface area contributed by atoms with Crippen LogP contribution in [-0.2, 0) is 18.0 Å². The number of hydrogen-bond acceptors (Lipinski definition) is 3. The molecule has 0 amide bonds. The topological polar surface area (TPSA) is 39.2 Å². The second-order valence-corrected chi connectivity index (χ2v) is 5.22. The molecule has 3 heteroatoms. The van der Waals surface area contributed by atoms with Crippen molar-refractivity contribution in [3.8, 4) is 0 Å². The average molecular weight is 275 g/mol. The van der Waals surface area contributed by atoms with Gasteiger partial charge in [-0.05, 0) is 29.3 Å². The summed E-state index contributed by atoms with van der Waals surface area (Å²) < 4.78 is 5.39. The maximum atomic E-state index is 12.6. The monoisotopic (exact) mass is 275 g/mol. The molecule has 0 fully saturated rings. The van der Waals surface area contributed by atoms with Crippen molar-refractivity contribution in [3.63, 3.8) is 0 Å². The van der Waals surface area contributed by atoms with Gasteiger partial charge in [0.25, 0.3) is 0 Å². The van der Waals surface area contributed by atoms with Crippen molar-refractivity contribution in [1.82, 2.24) is 4.98 Å².